The van der Waals surface area contributed by atoms with Gasteiger partial charge in [0, 0.05) is 36.5 Å². The number of hydrogen-bond acceptors (Lipinski definition) is 5. The van der Waals surface area contributed by atoms with Crippen molar-refractivity contribution in [3.8, 4) is 17.2 Å². The third-order valence-electron chi connectivity index (χ3n) is 6.25. The summed E-state index contributed by atoms with van der Waals surface area (Å²) in [5, 5.41) is 9.72. The summed E-state index contributed by atoms with van der Waals surface area (Å²) in [6, 6.07) is 4.40. The van der Waals surface area contributed by atoms with Crippen LogP contribution >= 0.6 is 0 Å². The second kappa shape index (κ2) is 7.65. The minimum atomic E-state index is -4.77. The SMILES string of the molecule is N#Cc1c(C(=O)N2CCN(C3CCC3)C(=O)C2)nc2c(C(F)(F)F)cc(-c3ccoc3)cn12. The van der Waals surface area contributed by atoms with Gasteiger partial charge < -0.3 is 14.2 Å². The van der Waals surface area contributed by atoms with Crippen molar-refractivity contribution in [1.82, 2.24) is 19.2 Å². The number of nitrogens with zero attached hydrogens (tertiary/aromatic N) is 5. The van der Waals surface area contributed by atoms with Crippen molar-refractivity contribution in [3.63, 3.8) is 0 Å². The van der Waals surface area contributed by atoms with E-state index in [0.29, 0.717) is 12.1 Å². The van der Waals surface area contributed by atoms with Gasteiger partial charge in [0.15, 0.2) is 17.0 Å². The zero-order valence-electron chi connectivity index (χ0n) is 17.3. The van der Waals surface area contributed by atoms with Crippen molar-refractivity contribution >= 4 is 17.5 Å². The maximum absolute atomic E-state index is 13.8. The van der Waals surface area contributed by atoms with Crippen LogP contribution < -0.4 is 0 Å². The molecule has 4 heterocycles. The van der Waals surface area contributed by atoms with E-state index in [0.717, 1.165) is 29.7 Å². The van der Waals surface area contributed by atoms with E-state index in [1.807, 2.05) is 6.07 Å². The highest BCUT2D eigenvalue weighted by atomic mass is 19.4. The lowest BCUT2D eigenvalue weighted by atomic mass is 9.91. The van der Waals surface area contributed by atoms with Gasteiger partial charge in [0.25, 0.3) is 5.91 Å². The number of fused-ring (bicyclic) bond motifs is 1. The topological polar surface area (TPSA) is 94.8 Å². The van der Waals surface area contributed by atoms with E-state index < -0.39 is 29.0 Å². The van der Waals surface area contributed by atoms with Crippen LogP contribution in [0.15, 0.2) is 35.3 Å². The van der Waals surface area contributed by atoms with Crippen molar-refractivity contribution in [2.45, 2.75) is 31.5 Å². The van der Waals surface area contributed by atoms with Gasteiger partial charge in [-0.05, 0) is 31.4 Å². The Morgan fingerprint density at radius 1 is 1.24 bits per heavy atom. The number of furan rings is 1. The Hall–Kier alpha value is -3.81. The first-order valence-electron chi connectivity index (χ1n) is 10.4. The summed E-state index contributed by atoms with van der Waals surface area (Å²) in [6.45, 7) is 0.385. The summed E-state index contributed by atoms with van der Waals surface area (Å²) in [6.07, 6.45) is 2.08. The second-order valence-corrected chi connectivity index (χ2v) is 8.17. The molecule has 0 atom stereocenters. The van der Waals surface area contributed by atoms with Crippen LogP contribution in [0, 0.1) is 11.3 Å². The van der Waals surface area contributed by atoms with Crippen LogP contribution in [-0.2, 0) is 11.0 Å². The lowest BCUT2D eigenvalue weighted by molar-refractivity contribution is -0.139. The molecule has 0 N–H and O–H groups in total. The molecule has 5 rings (SSSR count). The summed E-state index contributed by atoms with van der Waals surface area (Å²) in [4.78, 5) is 32.6. The molecule has 0 aromatic carbocycles. The summed E-state index contributed by atoms with van der Waals surface area (Å²) >= 11 is 0. The van der Waals surface area contributed by atoms with Crippen LogP contribution in [0.5, 0.6) is 0 Å². The summed E-state index contributed by atoms with van der Waals surface area (Å²) < 4.78 is 47.5. The van der Waals surface area contributed by atoms with Crippen molar-refractivity contribution in [3.05, 3.63) is 47.8 Å². The molecule has 2 amide bonds. The van der Waals surface area contributed by atoms with Gasteiger partial charge in [-0.25, -0.2) is 4.98 Å². The normalized spacial score (nSPS) is 17.3. The standard InChI is InChI=1S/C22H18F3N5O3/c23-22(24,25)16-8-14(13-4-7-33-12-13)10-30-17(9-26)19(27-20(16)30)21(32)28-5-6-29(18(31)11-28)15-2-1-3-15/h4,7-8,10,12,15H,1-3,5-6,11H2. The molecule has 170 valence electrons. The van der Waals surface area contributed by atoms with E-state index in [4.69, 9.17) is 4.42 Å². The number of hydrogen-bond donors (Lipinski definition) is 0. The van der Waals surface area contributed by atoms with E-state index >= 15 is 0 Å². The molecular formula is C22H18F3N5O3. The molecule has 1 saturated heterocycles. The van der Waals surface area contributed by atoms with Crippen LogP contribution in [0.25, 0.3) is 16.8 Å². The number of amides is 2. The number of halogens is 3. The van der Waals surface area contributed by atoms with E-state index in [-0.39, 0.29) is 36.3 Å². The van der Waals surface area contributed by atoms with Crippen molar-refractivity contribution < 1.29 is 27.2 Å². The van der Waals surface area contributed by atoms with Gasteiger partial charge in [-0.15, -0.1) is 0 Å². The molecule has 1 aliphatic heterocycles. The quantitative estimate of drug-likeness (QED) is 0.601. The van der Waals surface area contributed by atoms with Crippen LogP contribution in [0.4, 0.5) is 13.2 Å². The number of nitriles is 1. The van der Waals surface area contributed by atoms with Gasteiger partial charge in [-0.1, -0.05) is 0 Å². The van der Waals surface area contributed by atoms with E-state index in [2.05, 4.69) is 4.98 Å². The first-order valence-corrected chi connectivity index (χ1v) is 10.4. The Morgan fingerprint density at radius 2 is 2.03 bits per heavy atom. The zero-order valence-corrected chi connectivity index (χ0v) is 17.3. The van der Waals surface area contributed by atoms with Crippen molar-refractivity contribution in [2.24, 2.45) is 0 Å². The Balaban J connectivity index is 1.55. The van der Waals surface area contributed by atoms with Gasteiger partial charge in [-0.3, -0.25) is 14.0 Å². The molecular weight excluding hydrogens is 439 g/mol. The Labute approximate surface area is 185 Å². The lowest BCUT2D eigenvalue weighted by Crippen LogP contribution is -2.56. The number of carbonyl (C=O) groups is 2. The van der Waals surface area contributed by atoms with Gasteiger partial charge in [-0.2, -0.15) is 18.4 Å². The third-order valence-corrected chi connectivity index (χ3v) is 6.25. The van der Waals surface area contributed by atoms with Crippen LogP contribution in [0.3, 0.4) is 0 Å². The predicted molar refractivity (Wildman–Crippen MR) is 108 cm³/mol. The molecule has 8 nitrogen and oxygen atoms in total. The largest absolute Gasteiger partial charge is 0.472 e. The predicted octanol–water partition coefficient (Wildman–Crippen LogP) is 3.32. The fraction of sp³-hybridized carbons (Fsp3) is 0.364. The number of alkyl halides is 3. The Morgan fingerprint density at radius 3 is 2.61 bits per heavy atom. The number of carbonyl (C=O) groups excluding carboxylic acids is 2. The Kier molecular flexibility index (Phi) is 4.88. The number of piperazine rings is 1. The van der Waals surface area contributed by atoms with Crippen molar-refractivity contribution in [1.29, 1.82) is 5.26 Å². The fourth-order valence-corrected chi connectivity index (χ4v) is 4.29. The minimum absolute atomic E-state index is 0.153. The molecule has 1 saturated carbocycles. The number of pyridine rings is 1. The highest BCUT2D eigenvalue weighted by molar-refractivity contribution is 5.98. The first-order chi connectivity index (χ1) is 15.8. The van der Waals surface area contributed by atoms with Crippen LogP contribution in [0.2, 0.25) is 0 Å². The van der Waals surface area contributed by atoms with Gasteiger partial charge in [0.05, 0.1) is 18.1 Å². The minimum Gasteiger partial charge on any atom is -0.472 e. The molecule has 2 fully saturated rings. The van der Waals surface area contributed by atoms with Gasteiger partial charge in [0.2, 0.25) is 5.91 Å². The van der Waals surface area contributed by atoms with E-state index in [1.54, 1.807) is 4.90 Å². The highest BCUT2D eigenvalue weighted by Crippen LogP contribution is 2.36. The summed E-state index contributed by atoms with van der Waals surface area (Å²) in [7, 11) is 0. The van der Waals surface area contributed by atoms with Crippen molar-refractivity contribution in [2.75, 3.05) is 19.6 Å². The maximum Gasteiger partial charge on any atom is 0.420 e. The lowest BCUT2D eigenvalue weighted by Gasteiger charge is -2.42. The molecule has 0 spiro atoms. The monoisotopic (exact) mass is 457 g/mol. The molecule has 2 aliphatic rings. The highest BCUT2D eigenvalue weighted by Gasteiger charge is 2.38. The maximum atomic E-state index is 13.8. The van der Waals surface area contributed by atoms with E-state index in [9.17, 15) is 28.0 Å². The molecule has 1 aliphatic carbocycles. The van der Waals surface area contributed by atoms with Gasteiger partial charge >= 0.3 is 6.18 Å². The Bertz CT molecular complexity index is 1290. The first kappa shape index (κ1) is 21.1. The smallest absolute Gasteiger partial charge is 0.420 e. The molecule has 33 heavy (non-hydrogen) atoms. The molecule has 0 radical (unpaired) electrons. The molecule has 11 heteroatoms. The molecule has 3 aromatic heterocycles. The molecule has 3 aromatic rings. The van der Waals surface area contributed by atoms with Crippen LogP contribution in [-0.4, -0.2) is 56.7 Å². The summed E-state index contributed by atoms with van der Waals surface area (Å²) in [5.74, 6) is -0.949. The number of aromatic nitrogens is 2. The number of rotatable bonds is 3. The summed E-state index contributed by atoms with van der Waals surface area (Å²) in [5.41, 5.74) is -1.82. The third kappa shape index (κ3) is 3.51. The molecule has 0 bridgehead atoms. The molecule has 0 unspecified atom stereocenters. The fourth-order valence-electron chi connectivity index (χ4n) is 4.29. The zero-order chi connectivity index (χ0) is 23.3. The van der Waals surface area contributed by atoms with Crippen LogP contribution in [0.1, 0.15) is 41.0 Å². The van der Waals surface area contributed by atoms with E-state index in [1.165, 1.54) is 29.7 Å². The average Bonchev–Trinajstić information content (AvgIpc) is 3.39. The average molecular weight is 457 g/mol. The van der Waals surface area contributed by atoms with Gasteiger partial charge in [0.1, 0.15) is 12.6 Å². The number of imidazole rings is 1. The second-order valence-electron chi connectivity index (χ2n) is 8.17.